The average Bonchev–Trinajstić information content (AvgIpc) is 3.12. The van der Waals surface area contributed by atoms with Gasteiger partial charge in [0, 0.05) is 32.7 Å². The minimum atomic E-state index is -4.35. The van der Waals surface area contributed by atoms with Crippen LogP contribution in [0.2, 0.25) is 0 Å². The van der Waals surface area contributed by atoms with Crippen molar-refractivity contribution in [2.45, 2.75) is 19.6 Å². The molecule has 0 N–H and O–H groups in total. The molecule has 1 aliphatic heterocycles. The number of hydrogen-bond acceptors (Lipinski definition) is 4. The van der Waals surface area contributed by atoms with Crippen molar-refractivity contribution in [2.24, 2.45) is 0 Å². The summed E-state index contributed by atoms with van der Waals surface area (Å²) in [6, 6.07) is 8.66. The lowest BCUT2D eigenvalue weighted by Crippen LogP contribution is -2.48. The normalized spacial score (nSPS) is 15.8. The number of alkyl halides is 3. The smallest absolute Gasteiger partial charge is 0.335 e. The maximum Gasteiger partial charge on any atom is 0.416 e. The van der Waals surface area contributed by atoms with Gasteiger partial charge < -0.3 is 4.90 Å². The zero-order valence-corrected chi connectivity index (χ0v) is 15.6. The maximum atomic E-state index is 12.8. The summed E-state index contributed by atoms with van der Waals surface area (Å²) in [5.74, 6) is -0.170. The molecule has 1 aromatic carbocycles. The summed E-state index contributed by atoms with van der Waals surface area (Å²) in [5.41, 5.74) is -0.0401. The second-order valence-electron chi connectivity index (χ2n) is 6.49. The number of ketones is 1. The average molecular weight is 396 g/mol. The first-order valence-electron chi connectivity index (χ1n) is 8.52. The lowest BCUT2D eigenvalue weighted by atomic mass is 10.1. The van der Waals surface area contributed by atoms with Gasteiger partial charge in [0.1, 0.15) is 0 Å². The summed E-state index contributed by atoms with van der Waals surface area (Å²) in [7, 11) is 0. The van der Waals surface area contributed by atoms with E-state index >= 15 is 0 Å². The Morgan fingerprint density at radius 2 is 1.70 bits per heavy atom. The van der Waals surface area contributed by atoms with Crippen LogP contribution in [0.3, 0.4) is 0 Å². The van der Waals surface area contributed by atoms with Crippen LogP contribution in [0.4, 0.5) is 13.2 Å². The monoisotopic (exact) mass is 396 g/mol. The van der Waals surface area contributed by atoms with Gasteiger partial charge in [-0.05, 0) is 30.7 Å². The third-order valence-electron chi connectivity index (χ3n) is 4.48. The molecule has 0 unspecified atom stereocenters. The van der Waals surface area contributed by atoms with E-state index in [4.69, 9.17) is 0 Å². The van der Waals surface area contributed by atoms with Gasteiger partial charge >= 0.3 is 6.18 Å². The zero-order chi connectivity index (χ0) is 19.6. The summed E-state index contributed by atoms with van der Waals surface area (Å²) in [6.07, 6.45) is -4.35. The molecule has 1 saturated heterocycles. The van der Waals surface area contributed by atoms with Crippen molar-refractivity contribution in [2.75, 3.05) is 26.2 Å². The Kier molecular flexibility index (Phi) is 5.67. The molecule has 1 fully saturated rings. The number of carbonyl (C=O) groups is 2. The fourth-order valence-corrected chi connectivity index (χ4v) is 3.88. The van der Waals surface area contributed by atoms with Gasteiger partial charge in [-0.1, -0.05) is 18.2 Å². The van der Waals surface area contributed by atoms with Gasteiger partial charge in [-0.15, -0.1) is 11.3 Å². The number of piperazine rings is 1. The summed E-state index contributed by atoms with van der Waals surface area (Å²) in [5, 5.41) is 0. The molecule has 1 aromatic heterocycles. The summed E-state index contributed by atoms with van der Waals surface area (Å²) >= 11 is 1.19. The van der Waals surface area contributed by atoms with Crippen molar-refractivity contribution in [3.05, 3.63) is 57.3 Å². The fourth-order valence-electron chi connectivity index (χ4n) is 3.01. The number of benzene rings is 1. The third-order valence-corrected chi connectivity index (χ3v) is 5.66. The maximum absolute atomic E-state index is 12.8. The number of carbonyl (C=O) groups excluding carboxylic acids is 2. The Morgan fingerprint density at radius 3 is 2.30 bits per heavy atom. The van der Waals surface area contributed by atoms with Gasteiger partial charge in [-0.2, -0.15) is 13.2 Å². The van der Waals surface area contributed by atoms with Gasteiger partial charge in [0.15, 0.2) is 5.78 Å². The van der Waals surface area contributed by atoms with Crippen molar-refractivity contribution < 1.29 is 22.8 Å². The van der Waals surface area contributed by atoms with Crippen LogP contribution in [-0.4, -0.2) is 47.7 Å². The number of amides is 1. The minimum absolute atomic E-state index is 0.0649. The molecule has 2 heterocycles. The molecule has 8 heteroatoms. The molecule has 0 spiro atoms. The Morgan fingerprint density at radius 1 is 1.04 bits per heavy atom. The van der Waals surface area contributed by atoms with Crippen LogP contribution in [0.1, 0.15) is 37.4 Å². The van der Waals surface area contributed by atoms with E-state index in [1.807, 2.05) is 4.90 Å². The molecule has 1 aliphatic rings. The van der Waals surface area contributed by atoms with Crippen molar-refractivity contribution in [1.82, 2.24) is 9.80 Å². The van der Waals surface area contributed by atoms with Crippen LogP contribution in [0.15, 0.2) is 36.4 Å². The molecule has 144 valence electrons. The molecule has 0 aliphatic carbocycles. The number of hydrogen-bond donors (Lipinski definition) is 0. The number of nitrogens with zero attached hydrogens (tertiary/aromatic N) is 2. The first-order valence-corrected chi connectivity index (χ1v) is 9.34. The van der Waals surface area contributed by atoms with Crippen LogP contribution in [0.25, 0.3) is 0 Å². The van der Waals surface area contributed by atoms with Gasteiger partial charge in [0.05, 0.1) is 15.3 Å². The van der Waals surface area contributed by atoms with Crippen molar-refractivity contribution in [3.63, 3.8) is 0 Å². The lowest BCUT2D eigenvalue weighted by molar-refractivity contribution is -0.137. The van der Waals surface area contributed by atoms with E-state index in [0.717, 1.165) is 6.07 Å². The predicted octanol–water partition coefficient (Wildman–Crippen LogP) is 3.93. The Labute approximate surface area is 159 Å². The Balaban J connectivity index is 1.57. The summed E-state index contributed by atoms with van der Waals surface area (Å²) < 4.78 is 38.5. The van der Waals surface area contributed by atoms with Gasteiger partial charge in [-0.25, -0.2) is 0 Å². The molecule has 4 nitrogen and oxygen atoms in total. The predicted molar refractivity (Wildman–Crippen MR) is 96.9 cm³/mol. The second kappa shape index (κ2) is 7.82. The summed E-state index contributed by atoms with van der Waals surface area (Å²) in [4.78, 5) is 28.8. The van der Waals surface area contributed by atoms with Crippen LogP contribution in [-0.2, 0) is 12.7 Å². The van der Waals surface area contributed by atoms with Crippen molar-refractivity contribution in [1.29, 1.82) is 0 Å². The molecule has 0 radical (unpaired) electrons. The van der Waals surface area contributed by atoms with Crippen LogP contribution >= 0.6 is 11.3 Å². The Hall–Kier alpha value is -2.19. The van der Waals surface area contributed by atoms with E-state index in [9.17, 15) is 22.8 Å². The third kappa shape index (κ3) is 4.75. The highest BCUT2D eigenvalue weighted by Gasteiger charge is 2.30. The van der Waals surface area contributed by atoms with Crippen LogP contribution in [0.5, 0.6) is 0 Å². The van der Waals surface area contributed by atoms with E-state index < -0.39 is 11.7 Å². The Bertz CT molecular complexity index is 839. The molecular weight excluding hydrogens is 377 g/mol. The van der Waals surface area contributed by atoms with Gasteiger partial charge in [-0.3, -0.25) is 14.5 Å². The number of Topliss-reactive ketones (excluding diaryl/α,β-unsaturated/α-hetero) is 1. The topological polar surface area (TPSA) is 40.6 Å². The molecule has 0 bridgehead atoms. The van der Waals surface area contributed by atoms with Crippen molar-refractivity contribution >= 4 is 23.0 Å². The minimum Gasteiger partial charge on any atom is -0.335 e. The standard InChI is InChI=1S/C19H19F3N2O2S/c1-13(25)16-5-6-17(27-16)18(26)24-9-7-23(8-10-24)12-14-3-2-4-15(11-14)19(20,21)22/h2-6,11H,7-10,12H2,1H3. The quantitative estimate of drug-likeness (QED) is 0.736. The zero-order valence-electron chi connectivity index (χ0n) is 14.8. The van der Waals surface area contributed by atoms with Gasteiger partial charge in [0.2, 0.25) is 0 Å². The van der Waals surface area contributed by atoms with E-state index in [1.54, 1.807) is 23.1 Å². The molecule has 27 heavy (non-hydrogen) atoms. The highest BCUT2D eigenvalue weighted by atomic mass is 32.1. The number of rotatable bonds is 4. The first kappa shape index (κ1) is 19.6. The lowest BCUT2D eigenvalue weighted by Gasteiger charge is -2.34. The van der Waals surface area contributed by atoms with E-state index in [0.29, 0.717) is 48.0 Å². The number of halogens is 3. The van der Waals surface area contributed by atoms with Crippen LogP contribution < -0.4 is 0 Å². The summed E-state index contributed by atoms with van der Waals surface area (Å²) in [6.45, 7) is 4.07. The molecule has 0 saturated carbocycles. The largest absolute Gasteiger partial charge is 0.416 e. The SMILES string of the molecule is CC(=O)c1ccc(C(=O)N2CCN(Cc3cccc(C(F)(F)F)c3)CC2)s1. The molecule has 0 atom stereocenters. The molecular formula is C19H19F3N2O2S. The second-order valence-corrected chi connectivity index (χ2v) is 7.57. The van der Waals surface area contributed by atoms with E-state index in [2.05, 4.69) is 0 Å². The molecule has 2 aromatic rings. The fraction of sp³-hybridized carbons (Fsp3) is 0.368. The number of thiophene rings is 1. The van der Waals surface area contributed by atoms with Gasteiger partial charge in [0.25, 0.3) is 5.91 Å². The molecule has 3 rings (SSSR count). The van der Waals surface area contributed by atoms with E-state index in [-0.39, 0.29) is 11.7 Å². The first-order chi connectivity index (χ1) is 12.7. The highest BCUT2D eigenvalue weighted by Crippen LogP contribution is 2.30. The van der Waals surface area contributed by atoms with Crippen LogP contribution in [0, 0.1) is 0 Å². The van der Waals surface area contributed by atoms with E-state index in [1.165, 1.54) is 30.4 Å². The highest BCUT2D eigenvalue weighted by molar-refractivity contribution is 7.15. The molecule has 1 amide bonds. The van der Waals surface area contributed by atoms with Crippen molar-refractivity contribution in [3.8, 4) is 0 Å².